The Morgan fingerprint density at radius 3 is 2.63 bits per heavy atom. The van der Waals surface area contributed by atoms with Gasteiger partial charge in [-0.2, -0.15) is 0 Å². The number of amides is 2. The van der Waals surface area contributed by atoms with Gasteiger partial charge in [-0.15, -0.1) is 0 Å². The van der Waals surface area contributed by atoms with E-state index in [-0.39, 0.29) is 11.9 Å². The Balaban J connectivity index is 1.79. The average molecular weight is 370 g/mol. The van der Waals surface area contributed by atoms with Crippen LogP contribution in [0.25, 0.3) is 0 Å². The van der Waals surface area contributed by atoms with E-state index in [1.807, 2.05) is 6.92 Å². The van der Waals surface area contributed by atoms with E-state index in [9.17, 15) is 14.0 Å². The molecule has 3 N–H and O–H groups in total. The standard InChI is InChI=1S/C20H23FN4O2/c1-12-3-8-17(14-4-6-15(21)7-5-14)25(11-12)20(27)19(26)24-16-9-13(2)18(22)23-10-16/h4-7,9-10,12,17H,3,8,11H2,1-2H3,(H2,22,23)(H,24,26)/t12-,17?/m1/s1. The second-order valence-corrected chi connectivity index (χ2v) is 7.09. The molecule has 0 bridgehead atoms. The number of likely N-dealkylation sites (tertiary alicyclic amines) is 1. The number of nitrogen functional groups attached to an aromatic ring is 1. The van der Waals surface area contributed by atoms with Gasteiger partial charge < -0.3 is 16.0 Å². The minimum Gasteiger partial charge on any atom is -0.383 e. The van der Waals surface area contributed by atoms with Crippen LogP contribution in [0.4, 0.5) is 15.9 Å². The number of aromatic nitrogens is 1. The molecule has 0 saturated carbocycles. The fourth-order valence-electron chi connectivity index (χ4n) is 3.38. The number of carbonyl (C=O) groups is 2. The maximum atomic E-state index is 13.2. The summed E-state index contributed by atoms with van der Waals surface area (Å²) in [6, 6.07) is 7.51. The number of anilines is 2. The Morgan fingerprint density at radius 1 is 1.26 bits per heavy atom. The van der Waals surface area contributed by atoms with Gasteiger partial charge in [0.2, 0.25) is 0 Å². The SMILES string of the molecule is Cc1cc(NC(=O)C(=O)N2C[C@H](C)CCC2c2ccc(F)cc2)cnc1N. The van der Waals surface area contributed by atoms with Gasteiger partial charge in [-0.05, 0) is 55.0 Å². The van der Waals surface area contributed by atoms with Crippen LogP contribution in [-0.2, 0) is 9.59 Å². The summed E-state index contributed by atoms with van der Waals surface area (Å²) in [5, 5.41) is 2.59. The number of nitrogens with one attached hydrogen (secondary N) is 1. The van der Waals surface area contributed by atoms with Crippen LogP contribution in [0.15, 0.2) is 36.5 Å². The van der Waals surface area contributed by atoms with Crippen molar-refractivity contribution in [2.24, 2.45) is 5.92 Å². The smallest absolute Gasteiger partial charge is 0.313 e. The van der Waals surface area contributed by atoms with Gasteiger partial charge >= 0.3 is 11.8 Å². The number of rotatable bonds is 2. The highest BCUT2D eigenvalue weighted by Crippen LogP contribution is 2.33. The number of halogens is 1. The first-order valence-corrected chi connectivity index (χ1v) is 8.94. The van der Waals surface area contributed by atoms with Crippen LogP contribution in [0.1, 0.15) is 36.9 Å². The molecule has 1 saturated heterocycles. The van der Waals surface area contributed by atoms with Crippen molar-refractivity contribution in [3.05, 3.63) is 53.5 Å². The summed E-state index contributed by atoms with van der Waals surface area (Å²) in [5.74, 6) is -0.989. The van der Waals surface area contributed by atoms with Crippen molar-refractivity contribution in [2.45, 2.75) is 32.7 Å². The second kappa shape index (κ2) is 7.73. The van der Waals surface area contributed by atoms with E-state index in [1.165, 1.54) is 18.3 Å². The van der Waals surface area contributed by atoms with Gasteiger partial charge in [-0.3, -0.25) is 9.59 Å². The van der Waals surface area contributed by atoms with Crippen molar-refractivity contribution in [3.8, 4) is 0 Å². The number of hydrogen-bond donors (Lipinski definition) is 2. The third-order valence-corrected chi connectivity index (χ3v) is 4.90. The molecule has 1 aromatic heterocycles. The predicted molar refractivity (Wildman–Crippen MR) is 101 cm³/mol. The third-order valence-electron chi connectivity index (χ3n) is 4.90. The molecule has 6 nitrogen and oxygen atoms in total. The Kier molecular flexibility index (Phi) is 5.39. The molecule has 2 atom stereocenters. The molecule has 1 aliphatic rings. The van der Waals surface area contributed by atoms with E-state index < -0.39 is 11.8 Å². The number of nitrogens with zero attached hydrogens (tertiary/aromatic N) is 2. The lowest BCUT2D eigenvalue weighted by Gasteiger charge is -2.38. The van der Waals surface area contributed by atoms with Crippen molar-refractivity contribution in [3.63, 3.8) is 0 Å². The topological polar surface area (TPSA) is 88.3 Å². The van der Waals surface area contributed by atoms with Crippen LogP contribution in [0.5, 0.6) is 0 Å². The molecule has 27 heavy (non-hydrogen) atoms. The molecule has 0 spiro atoms. The Hall–Kier alpha value is -2.96. The van der Waals surface area contributed by atoms with Gasteiger partial charge in [0.25, 0.3) is 0 Å². The van der Waals surface area contributed by atoms with Crippen LogP contribution >= 0.6 is 0 Å². The predicted octanol–water partition coefficient (Wildman–Crippen LogP) is 3.05. The van der Waals surface area contributed by atoms with E-state index in [0.717, 1.165) is 24.0 Å². The Labute approximate surface area is 157 Å². The van der Waals surface area contributed by atoms with E-state index in [2.05, 4.69) is 10.3 Å². The highest BCUT2D eigenvalue weighted by molar-refractivity contribution is 6.39. The summed E-state index contributed by atoms with van der Waals surface area (Å²) in [5.41, 5.74) is 7.65. The van der Waals surface area contributed by atoms with Crippen molar-refractivity contribution < 1.29 is 14.0 Å². The molecule has 1 fully saturated rings. The quantitative estimate of drug-likeness (QED) is 0.795. The summed E-state index contributed by atoms with van der Waals surface area (Å²) >= 11 is 0. The number of carbonyl (C=O) groups excluding carboxylic acids is 2. The summed E-state index contributed by atoms with van der Waals surface area (Å²) in [6.07, 6.45) is 3.09. The molecule has 142 valence electrons. The van der Waals surface area contributed by atoms with Crippen molar-refractivity contribution in [1.82, 2.24) is 9.88 Å². The monoisotopic (exact) mass is 370 g/mol. The molecule has 2 heterocycles. The van der Waals surface area contributed by atoms with Gasteiger partial charge in [0, 0.05) is 6.54 Å². The number of benzene rings is 1. The summed E-state index contributed by atoms with van der Waals surface area (Å²) in [7, 11) is 0. The first-order valence-electron chi connectivity index (χ1n) is 8.94. The lowest BCUT2D eigenvalue weighted by atomic mass is 9.90. The zero-order chi connectivity index (χ0) is 19.6. The molecule has 3 rings (SSSR count). The molecule has 1 unspecified atom stereocenters. The van der Waals surface area contributed by atoms with E-state index in [1.54, 1.807) is 30.0 Å². The molecule has 1 aliphatic heterocycles. The van der Waals surface area contributed by atoms with Crippen molar-refractivity contribution in [2.75, 3.05) is 17.6 Å². The number of pyridine rings is 1. The maximum Gasteiger partial charge on any atom is 0.313 e. The van der Waals surface area contributed by atoms with E-state index in [4.69, 9.17) is 5.73 Å². The van der Waals surface area contributed by atoms with Gasteiger partial charge in [0.15, 0.2) is 0 Å². The van der Waals surface area contributed by atoms with Crippen molar-refractivity contribution in [1.29, 1.82) is 0 Å². The van der Waals surface area contributed by atoms with Gasteiger partial charge in [0.1, 0.15) is 11.6 Å². The lowest BCUT2D eigenvalue weighted by molar-refractivity contribution is -0.146. The molecule has 2 aromatic rings. The van der Waals surface area contributed by atoms with Gasteiger partial charge in [0.05, 0.1) is 17.9 Å². The van der Waals surface area contributed by atoms with Crippen LogP contribution in [-0.4, -0.2) is 28.2 Å². The number of nitrogens with two attached hydrogens (primary N) is 1. The minimum absolute atomic E-state index is 0.244. The molecular formula is C20H23FN4O2. The fourth-order valence-corrected chi connectivity index (χ4v) is 3.38. The summed E-state index contributed by atoms with van der Waals surface area (Å²) in [4.78, 5) is 30.9. The first-order chi connectivity index (χ1) is 12.8. The zero-order valence-corrected chi connectivity index (χ0v) is 15.4. The molecular weight excluding hydrogens is 347 g/mol. The molecule has 0 radical (unpaired) electrons. The third kappa shape index (κ3) is 4.24. The zero-order valence-electron chi connectivity index (χ0n) is 15.4. The molecule has 1 aromatic carbocycles. The normalized spacial score (nSPS) is 19.6. The Bertz CT molecular complexity index is 854. The van der Waals surface area contributed by atoms with Crippen LogP contribution in [0.2, 0.25) is 0 Å². The van der Waals surface area contributed by atoms with E-state index >= 15 is 0 Å². The fraction of sp³-hybridized carbons (Fsp3) is 0.350. The number of piperidine rings is 1. The second-order valence-electron chi connectivity index (χ2n) is 7.09. The van der Waals surface area contributed by atoms with Crippen LogP contribution in [0, 0.1) is 18.7 Å². The first kappa shape index (κ1) is 18.8. The summed E-state index contributed by atoms with van der Waals surface area (Å²) in [6.45, 7) is 4.30. The molecule has 0 aliphatic carbocycles. The van der Waals surface area contributed by atoms with Crippen molar-refractivity contribution >= 4 is 23.3 Å². The minimum atomic E-state index is -0.720. The number of hydrogen-bond acceptors (Lipinski definition) is 4. The van der Waals surface area contributed by atoms with Gasteiger partial charge in [-0.25, -0.2) is 9.37 Å². The molecule has 2 amide bonds. The van der Waals surface area contributed by atoms with Crippen LogP contribution in [0.3, 0.4) is 0 Å². The largest absolute Gasteiger partial charge is 0.383 e. The highest BCUT2D eigenvalue weighted by atomic mass is 19.1. The number of aryl methyl sites for hydroxylation is 1. The molecule has 7 heteroatoms. The Morgan fingerprint density at radius 2 is 1.96 bits per heavy atom. The lowest BCUT2D eigenvalue weighted by Crippen LogP contribution is -2.46. The highest BCUT2D eigenvalue weighted by Gasteiger charge is 2.34. The average Bonchev–Trinajstić information content (AvgIpc) is 2.65. The van der Waals surface area contributed by atoms with Gasteiger partial charge in [-0.1, -0.05) is 19.1 Å². The maximum absolute atomic E-state index is 13.2. The summed E-state index contributed by atoms with van der Waals surface area (Å²) < 4.78 is 13.2. The van der Waals surface area contributed by atoms with E-state index in [0.29, 0.717) is 24.0 Å². The van der Waals surface area contributed by atoms with Crippen LogP contribution < -0.4 is 11.1 Å².